The third kappa shape index (κ3) is 6.56. The summed E-state index contributed by atoms with van der Waals surface area (Å²) in [5.41, 5.74) is 3.67. The van der Waals surface area contributed by atoms with Gasteiger partial charge in [-0.1, -0.05) is 18.2 Å². The van der Waals surface area contributed by atoms with E-state index in [-0.39, 0.29) is 18.0 Å². The van der Waals surface area contributed by atoms with Gasteiger partial charge in [0.2, 0.25) is 0 Å². The first-order valence-electron chi connectivity index (χ1n) is 13.5. The van der Waals surface area contributed by atoms with Gasteiger partial charge in [0.15, 0.2) is 0 Å². The van der Waals surface area contributed by atoms with Gasteiger partial charge in [0, 0.05) is 37.7 Å². The molecule has 0 radical (unpaired) electrons. The lowest BCUT2D eigenvalue weighted by Crippen LogP contribution is -2.28. The normalized spacial score (nSPS) is 22.6. The first-order valence-corrected chi connectivity index (χ1v) is 13.5. The number of aromatic nitrogens is 1. The first-order chi connectivity index (χ1) is 17.7. The molecule has 0 bridgehead atoms. The lowest BCUT2D eigenvalue weighted by molar-refractivity contribution is -0.141. The molecule has 4 heterocycles. The van der Waals surface area contributed by atoms with E-state index in [2.05, 4.69) is 34.5 Å². The molecule has 0 aliphatic carbocycles. The van der Waals surface area contributed by atoms with Gasteiger partial charge in [-0.3, -0.25) is 4.79 Å². The highest BCUT2D eigenvalue weighted by Gasteiger charge is 2.27. The standard InChI is InChI=1S/C29H39N3O4/c1-34-28(33)17-24(23-4-2-6-26(16-23)36-27-12-15-35-20-27)19-32-14-11-21(18-32)7-9-25-10-8-22-5-3-13-30-29(22)31-25/h2,4,6,8,10,16,21,24,27H,3,5,7,9,11-15,17-20H2,1H3,(H,30,31). The average molecular weight is 494 g/mol. The molecule has 3 unspecified atom stereocenters. The Bertz CT molecular complexity index is 1020. The van der Waals surface area contributed by atoms with E-state index in [1.54, 1.807) is 0 Å². The van der Waals surface area contributed by atoms with Gasteiger partial charge in [-0.15, -0.1) is 0 Å². The summed E-state index contributed by atoms with van der Waals surface area (Å²) < 4.78 is 16.6. The van der Waals surface area contributed by atoms with Crippen molar-refractivity contribution in [3.63, 3.8) is 0 Å². The van der Waals surface area contributed by atoms with Crippen LogP contribution in [0.4, 0.5) is 5.82 Å². The van der Waals surface area contributed by atoms with Crippen LogP contribution in [0.2, 0.25) is 0 Å². The number of aryl methyl sites for hydroxylation is 2. The summed E-state index contributed by atoms with van der Waals surface area (Å²) >= 11 is 0. The quantitative estimate of drug-likeness (QED) is 0.497. The number of carbonyl (C=O) groups is 1. The molecule has 2 aromatic rings. The molecule has 7 heteroatoms. The molecule has 3 aliphatic rings. The molecule has 5 rings (SSSR count). The lowest BCUT2D eigenvalue weighted by Gasteiger charge is -2.24. The van der Waals surface area contributed by atoms with Gasteiger partial charge < -0.3 is 24.4 Å². The SMILES string of the molecule is COC(=O)CC(CN1CCC(CCc2ccc3c(n2)NCCC3)C1)c1cccc(OC2CCOC2)c1. The van der Waals surface area contributed by atoms with Crippen LogP contribution in [-0.2, 0) is 27.1 Å². The Morgan fingerprint density at radius 2 is 2.22 bits per heavy atom. The zero-order valence-electron chi connectivity index (χ0n) is 21.4. The number of esters is 1. The van der Waals surface area contributed by atoms with Gasteiger partial charge >= 0.3 is 5.97 Å². The van der Waals surface area contributed by atoms with Crippen molar-refractivity contribution in [3.05, 3.63) is 53.2 Å². The molecular formula is C29H39N3O4. The van der Waals surface area contributed by atoms with Crippen molar-refractivity contribution in [2.75, 3.05) is 51.8 Å². The Balaban J connectivity index is 1.17. The maximum Gasteiger partial charge on any atom is 0.306 e. The van der Waals surface area contributed by atoms with Crippen LogP contribution in [0.5, 0.6) is 5.75 Å². The summed E-state index contributed by atoms with van der Waals surface area (Å²) in [6, 6.07) is 12.7. The second-order valence-corrected chi connectivity index (χ2v) is 10.4. The van der Waals surface area contributed by atoms with Gasteiger partial charge in [0.05, 0.1) is 26.7 Å². The van der Waals surface area contributed by atoms with Gasteiger partial charge in [0.25, 0.3) is 0 Å². The van der Waals surface area contributed by atoms with Crippen molar-refractivity contribution < 1.29 is 19.0 Å². The number of carbonyl (C=O) groups excluding carboxylic acids is 1. The molecule has 1 aromatic carbocycles. The topological polar surface area (TPSA) is 72.9 Å². The highest BCUT2D eigenvalue weighted by atomic mass is 16.5. The van der Waals surface area contributed by atoms with Crippen LogP contribution in [-0.4, -0.2) is 68.5 Å². The molecule has 1 aromatic heterocycles. The molecule has 7 nitrogen and oxygen atoms in total. The van der Waals surface area contributed by atoms with Gasteiger partial charge in [0.1, 0.15) is 17.7 Å². The summed E-state index contributed by atoms with van der Waals surface area (Å²) in [4.78, 5) is 19.6. The van der Waals surface area contributed by atoms with Gasteiger partial charge in [-0.2, -0.15) is 0 Å². The highest BCUT2D eigenvalue weighted by Crippen LogP contribution is 2.30. The van der Waals surface area contributed by atoms with Gasteiger partial charge in [-0.25, -0.2) is 4.98 Å². The first kappa shape index (κ1) is 25.0. The predicted octanol–water partition coefficient (Wildman–Crippen LogP) is 4.21. The predicted molar refractivity (Wildman–Crippen MR) is 140 cm³/mol. The number of anilines is 1. The maximum atomic E-state index is 12.3. The third-order valence-corrected chi connectivity index (χ3v) is 7.77. The molecule has 3 aliphatic heterocycles. The van der Waals surface area contributed by atoms with Crippen molar-refractivity contribution in [2.45, 2.75) is 57.0 Å². The van der Waals surface area contributed by atoms with E-state index in [1.807, 2.05) is 12.1 Å². The van der Waals surface area contributed by atoms with Crippen molar-refractivity contribution >= 4 is 11.8 Å². The lowest BCUT2D eigenvalue weighted by atomic mass is 9.94. The number of nitrogens with zero attached hydrogens (tertiary/aromatic N) is 2. The van der Waals surface area contributed by atoms with Crippen molar-refractivity contribution in [1.82, 2.24) is 9.88 Å². The fourth-order valence-corrected chi connectivity index (χ4v) is 5.70. The molecule has 36 heavy (non-hydrogen) atoms. The van der Waals surface area contributed by atoms with Crippen LogP contribution in [0.25, 0.3) is 0 Å². The van der Waals surface area contributed by atoms with Crippen LogP contribution < -0.4 is 10.1 Å². The fraction of sp³-hybridized carbons (Fsp3) is 0.586. The van der Waals surface area contributed by atoms with Crippen LogP contribution in [0, 0.1) is 5.92 Å². The van der Waals surface area contributed by atoms with E-state index in [0.717, 1.165) is 75.6 Å². The average Bonchev–Trinajstić information content (AvgIpc) is 3.59. The summed E-state index contributed by atoms with van der Waals surface area (Å²) in [5.74, 6) is 2.51. The Morgan fingerprint density at radius 3 is 3.08 bits per heavy atom. The summed E-state index contributed by atoms with van der Waals surface area (Å²) in [6.45, 7) is 5.40. The zero-order chi connectivity index (χ0) is 24.7. The summed E-state index contributed by atoms with van der Waals surface area (Å²) in [6.07, 6.45) is 7.08. The van der Waals surface area contributed by atoms with Crippen molar-refractivity contribution in [2.24, 2.45) is 5.92 Å². The number of rotatable bonds is 10. The summed E-state index contributed by atoms with van der Waals surface area (Å²) in [7, 11) is 1.47. The van der Waals surface area contributed by atoms with E-state index in [0.29, 0.717) is 18.9 Å². The van der Waals surface area contributed by atoms with Crippen molar-refractivity contribution in [1.29, 1.82) is 0 Å². The second-order valence-electron chi connectivity index (χ2n) is 10.4. The highest BCUT2D eigenvalue weighted by molar-refractivity contribution is 5.70. The maximum absolute atomic E-state index is 12.3. The van der Waals surface area contributed by atoms with Crippen LogP contribution in [0.15, 0.2) is 36.4 Å². The Morgan fingerprint density at radius 1 is 1.28 bits per heavy atom. The summed E-state index contributed by atoms with van der Waals surface area (Å²) in [5, 5.41) is 3.45. The van der Waals surface area contributed by atoms with E-state index in [1.165, 1.54) is 31.2 Å². The zero-order valence-corrected chi connectivity index (χ0v) is 21.4. The number of ether oxygens (including phenoxy) is 3. The Kier molecular flexibility index (Phi) is 8.39. The van der Waals surface area contributed by atoms with E-state index in [4.69, 9.17) is 19.2 Å². The number of fused-ring (bicyclic) bond motifs is 1. The molecule has 0 saturated carbocycles. The molecular weight excluding hydrogens is 454 g/mol. The molecule has 1 N–H and O–H groups in total. The van der Waals surface area contributed by atoms with Crippen LogP contribution in [0.3, 0.4) is 0 Å². The monoisotopic (exact) mass is 493 g/mol. The Labute approximate surface area is 214 Å². The third-order valence-electron chi connectivity index (χ3n) is 7.77. The number of methoxy groups -OCH3 is 1. The van der Waals surface area contributed by atoms with E-state index in [9.17, 15) is 4.79 Å². The number of hydrogen-bond donors (Lipinski definition) is 1. The minimum atomic E-state index is -0.168. The molecule has 3 atom stereocenters. The number of hydrogen-bond acceptors (Lipinski definition) is 7. The minimum absolute atomic E-state index is 0.0768. The van der Waals surface area contributed by atoms with Crippen molar-refractivity contribution in [3.8, 4) is 5.75 Å². The molecule has 194 valence electrons. The second kappa shape index (κ2) is 12.1. The molecule has 2 fully saturated rings. The number of nitrogens with one attached hydrogen (secondary N) is 1. The van der Waals surface area contributed by atoms with Crippen LogP contribution >= 0.6 is 0 Å². The van der Waals surface area contributed by atoms with E-state index >= 15 is 0 Å². The number of benzene rings is 1. The minimum Gasteiger partial charge on any atom is -0.488 e. The fourth-order valence-electron chi connectivity index (χ4n) is 5.70. The smallest absolute Gasteiger partial charge is 0.306 e. The van der Waals surface area contributed by atoms with Crippen LogP contribution in [0.1, 0.15) is 54.8 Å². The Hall–Kier alpha value is -2.64. The van der Waals surface area contributed by atoms with Gasteiger partial charge in [-0.05, 0) is 73.9 Å². The number of likely N-dealkylation sites (tertiary alicyclic amines) is 1. The molecule has 0 amide bonds. The molecule has 0 spiro atoms. The largest absolute Gasteiger partial charge is 0.488 e. The number of pyridine rings is 1. The van der Waals surface area contributed by atoms with E-state index < -0.39 is 0 Å². The molecule has 2 saturated heterocycles.